The normalized spacial score (nSPS) is 13.0. The summed E-state index contributed by atoms with van der Waals surface area (Å²) < 4.78 is 49.6. The third-order valence-electron chi connectivity index (χ3n) is 7.78. The number of alkyl carbamates (subject to hydrolysis) is 1. The van der Waals surface area contributed by atoms with Gasteiger partial charge in [0.1, 0.15) is 6.61 Å². The minimum absolute atomic E-state index is 0.0550. The van der Waals surface area contributed by atoms with Crippen molar-refractivity contribution >= 4 is 6.09 Å². The number of benzene rings is 2. The van der Waals surface area contributed by atoms with Crippen LogP contribution in [-0.4, -0.2) is 125 Å². The molecule has 0 saturated heterocycles. The first-order valence-electron chi connectivity index (χ1n) is 17.4. The standard InChI is InChI=1S/C37H57NO10/c1-3-31(2)29-47-28-27-46-26-25-45-24-23-44-22-21-43-20-19-42-18-17-41-16-15-40-14-8-13-38-37(39)48-30-36-34-11-6-4-9-32(34)33-10-5-7-12-35(33)36/h4-7,9-12,31,36H,3,8,13-30H2,1-2H3,(H,38,39). The van der Waals surface area contributed by atoms with Crippen molar-refractivity contribution in [1.29, 1.82) is 0 Å². The van der Waals surface area contributed by atoms with Crippen LogP contribution in [0.25, 0.3) is 11.1 Å². The van der Waals surface area contributed by atoms with Gasteiger partial charge in [0.15, 0.2) is 0 Å². The summed E-state index contributed by atoms with van der Waals surface area (Å²) in [5.74, 6) is 0.649. The van der Waals surface area contributed by atoms with E-state index in [0.29, 0.717) is 125 Å². The number of carbonyl (C=O) groups is 1. The van der Waals surface area contributed by atoms with Crippen molar-refractivity contribution < 1.29 is 47.4 Å². The zero-order valence-electron chi connectivity index (χ0n) is 29.0. The van der Waals surface area contributed by atoms with Crippen LogP contribution in [0.5, 0.6) is 0 Å². The van der Waals surface area contributed by atoms with Crippen LogP contribution in [0.4, 0.5) is 4.79 Å². The molecule has 270 valence electrons. The Labute approximate surface area is 286 Å². The van der Waals surface area contributed by atoms with Crippen molar-refractivity contribution in [2.75, 3.05) is 119 Å². The first-order chi connectivity index (χ1) is 23.7. The van der Waals surface area contributed by atoms with Crippen molar-refractivity contribution in [1.82, 2.24) is 5.32 Å². The Bertz CT molecular complexity index is 1060. The molecule has 0 saturated carbocycles. The van der Waals surface area contributed by atoms with Gasteiger partial charge in [0.2, 0.25) is 0 Å². The van der Waals surface area contributed by atoms with Crippen LogP contribution >= 0.6 is 0 Å². The summed E-state index contributed by atoms with van der Waals surface area (Å²) in [5.41, 5.74) is 4.82. The maximum absolute atomic E-state index is 12.2. The van der Waals surface area contributed by atoms with E-state index in [4.69, 9.17) is 42.6 Å². The van der Waals surface area contributed by atoms with Crippen molar-refractivity contribution in [3.8, 4) is 11.1 Å². The number of nitrogens with one attached hydrogen (secondary N) is 1. The van der Waals surface area contributed by atoms with Crippen LogP contribution in [-0.2, 0) is 42.6 Å². The number of hydrogen-bond donors (Lipinski definition) is 1. The fourth-order valence-electron chi connectivity index (χ4n) is 4.96. The zero-order chi connectivity index (χ0) is 33.9. The summed E-state index contributed by atoms with van der Waals surface area (Å²) in [6, 6.07) is 16.6. The number of ether oxygens (including phenoxy) is 9. The molecule has 48 heavy (non-hydrogen) atoms. The van der Waals surface area contributed by atoms with Crippen LogP contribution in [0, 0.1) is 5.92 Å². The SMILES string of the molecule is CCC(C)COCCOCCOCCOCCOCCOCCOCCOCCCNC(=O)OCC1c2ccccc2-c2ccccc21. The van der Waals surface area contributed by atoms with Gasteiger partial charge < -0.3 is 47.9 Å². The molecule has 1 aliphatic carbocycles. The molecule has 1 unspecified atom stereocenters. The number of rotatable bonds is 30. The lowest BCUT2D eigenvalue weighted by Crippen LogP contribution is -2.27. The van der Waals surface area contributed by atoms with Gasteiger partial charge in [0.25, 0.3) is 0 Å². The second kappa shape index (κ2) is 26.3. The average Bonchev–Trinajstić information content (AvgIpc) is 3.43. The van der Waals surface area contributed by atoms with E-state index in [2.05, 4.69) is 43.4 Å². The Morgan fingerprint density at radius 2 is 1.00 bits per heavy atom. The van der Waals surface area contributed by atoms with Gasteiger partial charge in [-0.2, -0.15) is 0 Å². The molecule has 0 radical (unpaired) electrons. The van der Waals surface area contributed by atoms with Gasteiger partial charge in [-0.15, -0.1) is 0 Å². The molecule has 1 amide bonds. The monoisotopic (exact) mass is 675 g/mol. The fourth-order valence-corrected chi connectivity index (χ4v) is 4.96. The minimum atomic E-state index is -0.410. The minimum Gasteiger partial charge on any atom is -0.449 e. The van der Waals surface area contributed by atoms with Gasteiger partial charge in [-0.25, -0.2) is 4.79 Å². The highest BCUT2D eigenvalue weighted by molar-refractivity contribution is 5.79. The summed E-state index contributed by atoms with van der Waals surface area (Å²) in [6.45, 7) is 13.8. The quantitative estimate of drug-likeness (QED) is 0.112. The fraction of sp³-hybridized carbons (Fsp3) is 0.649. The molecule has 2 aromatic rings. The van der Waals surface area contributed by atoms with Crippen LogP contribution in [0.1, 0.15) is 43.7 Å². The summed E-state index contributed by atoms with van der Waals surface area (Å²) in [6.07, 6.45) is 1.41. The first kappa shape index (κ1) is 39.8. The van der Waals surface area contributed by atoms with Crippen molar-refractivity contribution in [3.05, 3.63) is 59.7 Å². The Kier molecular flexibility index (Phi) is 21.8. The number of amides is 1. The van der Waals surface area contributed by atoms with E-state index >= 15 is 0 Å². The summed E-state index contributed by atoms with van der Waals surface area (Å²) in [4.78, 5) is 12.2. The van der Waals surface area contributed by atoms with E-state index < -0.39 is 6.09 Å². The molecule has 1 atom stereocenters. The molecule has 0 aromatic heterocycles. The highest BCUT2D eigenvalue weighted by atomic mass is 16.6. The molecule has 0 bridgehead atoms. The predicted molar refractivity (Wildman–Crippen MR) is 184 cm³/mol. The van der Waals surface area contributed by atoms with E-state index in [0.717, 1.165) is 13.0 Å². The van der Waals surface area contributed by atoms with Gasteiger partial charge in [-0.1, -0.05) is 68.8 Å². The second-order valence-electron chi connectivity index (χ2n) is 11.5. The van der Waals surface area contributed by atoms with Gasteiger partial charge in [-0.05, 0) is 34.6 Å². The van der Waals surface area contributed by atoms with E-state index in [-0.39, 0.29) is 5.92 Å². The van der Waals surface area contributed by atoms with Crippen LogP contribution in [0.15, 0.2) is 48.5 Å². The number of hydrogen-bond acceptors (Lipinski definition) is 10. The molecule has 0 aliphatic heterocycles. The van der Waals surface area contributed by atoms with Gasteiger partial charge in [0, 0.05) is 25.7 Å². The first-order valence-corrected chi connectivity index (χ1v) is 17.4. The largest absolute Gasteiger partial charge is 0.449 e. The topological polar surface area (TPSA) is 112 Å². The molecule has 11 heteroatoms. The second-order valence-corrected chi connectivity index (χ2v) is 11.5. The average molecular weight is 676 g/mol. The van der Waals surface area contributed by atoms with E-state index in [1.54, 1.807) is 0 Å². The lowest BCUT2D eigenvalue weighted by atomic mass is 9.98. The van der Waals surface area contributed by atoms with Crippen LogP contribution in [0.3, 0.4) is 0 Å². The van der Waals surface area contributed by atoms with Crippen LogP contribution < -0.4 is 5.32 Å². The van der Waals surface area contributed by atoms with Crippen LogP contribution in [0.2, 0.25) is 0 Å². The van der Waals surface area contributed by atoms with Crippen molar-refractivity contribution in [2.24, 2.45) is 5.92 Å². The summed E-state index contributed by atoms with van der Waals surface area (Å²) in [7, 11) is 0. The van der Waals surface area contributed by atoms with E-state index in [1.807, 2.05) is 24.3 Å². The highest BCUT2D eigenvalue weighted by Gasteiger charge is 2.28. The Hall–Kier alpha value is -2.61. The summed E-state index contributed by atoms with van der Waals surface area (Å²) >= 11 is 0. The molecular weight excluding hydrogens is 618 g/mol. The van der Waals surface area contributed by atoms with Gasteiger partial charge in [-0.3, -0.25) is 0 Å². The van der Waals surface area contributed by atoms with Crippen molar-refractivity contribution in [3.63, 3.8) is 0 Å². The molecule has 0 fully saturated rings. The molecule has 0 spiro atoms. The lowest BCUT2D eigenvalue weighted by Gasteiger charge is -2.14. The third-order valence-corrected chi connectivity index (χ3v) is 7.78. The maximum Gasteiger partial charge on any atom is 0.407 e. The number of carbonyl (C=O) groups excluding carboxylic acids is 1. The molecular formula is C37H57NO10. The molecule has 1 N–H and O–H groups in total. The van der Waals surface area contributed by atoms with Crippen molar-refractivity contribution in [2.45, 2.75) is 32.6 Å². The van der Waals surface area contributed by atoms with Gasteiger partial charge >= 0.3 is 6.09 Å². The smallest absolute Gasteiger partial charge is 0.407 e. The maximum atomic E-state index is 12.2. The number of fused-ring (bicyclic) bond motifs is 3. The van der Waals surface area contributed by atoms with E-state index in [1.165, 1.54) is 22.3 Å². The molecule has 1 aliphatic rings. The molecule has 3 rings (SSSR count). The third kappa shape index (κ3) is 16.7. The predicted octanol–water partition coefficient (Wildman–Crippen LogP) is 5.09. The Balaban J connectivity index is 0.991. The summed E-state index contributed by atoms with van der Waals surface area (Å²) in [5, 5.41) is 2.81. The van der Waals surface area contributed by atoms with Gasteiger partial charge in [0.05, 0.1) is 92.5 Å². The molecule has 0 heterocycles. The lowest BCUT2D eigenvalue weighted by molar-refractivity contribution is -0.0238. The molecule has 2 aromatic carbocycles. The Morgan fingerprint density at radius 1 is 0.604 bits per heavy atom. The Morgan fingerprint density at radius 3 is 1.44 bits per heavy atom. The van der Waals surface area contributed by atoms with E-state index in [9.17, 15) is 4.79 Å². The molecule has 11 nitrogen and oxygen atoms in total. The zero-order valence-corrected chi connectivity index (χ0v) is 29.0. The highest BCUT2D eigenvalue weighted by Crippen LogP contribution is 2.44.